The Balaban J connectivity index is 2.66. The highest BCUT2D eigenvalue weighted by Crippen LogP contribution is 2.28. The Bertz CT molecular complexity index is 611. The van der Waals surface area contributed by atoms with Crippen molar-refractivity contribution in [3.05, 3.63) is 52.0 Å². The van der Waals surface area contributed by atoms with E-state index in [0.717, 1.165) is 6.07 Å². The van der Waals surface area contributed by atoms with Crippen molar-refractivity contribution in [3.8, 4) is 11.1 Å². The molecule has 0 aliphatic carbocycles. The van der Waals surface area contributed by atoms with Crippen molar-refractivity contribution < 1.29 is 14.3 Å². The molecule has 92 valence electrons. The summed E-state index contributed by atoms with van der Waals surface area (Å²) in [7, 11) is 0. The van der Waals surface area contributed by atoms with Crippen LogP contribution in [0.5, 0.6) is 0 Å². The molecule has 2 aromatic rings. The van der Waals surface area contributed by atoms with Crippen LogP contribution in [0.2, 0.25) is 10.2 Å². The number of halogens is 3. The van der Waals surface area contributed by atoms with Gasteiger partial charge in [-0.1, -0.05) is 23.2 Å². The average molecular weight is 286 g/mol. The maximum absolute atomic E-state index is 13.2. The highest BCUT2D eigenvalue weighted by molar-refractivity contribution is 6.31. The van der Waals surface area contributed by atoms with Gasteiger partial charge in [0.1, 0.15) is 11.0 Å². The SMILES string of the molecule is O=C(O)c1cc(Cl)ncc1-c1cc(F)cc(Cl)c1. The van der Waals surface area contributed by atoms with Gasteiger partial charge in [-0.25, -0.2) is 14.2 Å². The first-order valence-corrected chi connectivity index (χ1v) is 5.58. The van der Waals surface area contributed by atoms with Crippen LogP contribution in [0.3, 0.4) is 0 Å². The van der Waals surface area contributed by atoms with Crippen molar-refractivity contribution in [2.75, 3.05) is 0 Å². The first-order chi connectivity index (χ1) is 8.47. The number of hydrogen-bond acceptors (Lipinski definition) is 2. The molecule has 0 saturated carbocycles. The molecule has 0 unspecified atom stereocenters. The van der Waals surface area contributed by atoms with Crippen molar-refractivity contribution in [2.45, 2.75) is 0 Å². The summed E-state index contributed by atoms with van der Waals surface area (Å²) in [6, 6.07) is 4.98. The maximum atomic E-state index is 13.2. The molecule has 18 heavy (non-hydrogen) atoms. The Morgan fingerprint density at radius 3 is 2.56 bits per heavy atom. The fourth-order valence-electron chi connectivity index (χ4n) is 1.55. The quantitative estimate of drug-likeness (QED) is 0.852. The van der Waals surface area contributed by atoms with E-state index >= 15 is 0 Å². The van der Waals surface area contributed by atoms with Crippen molar-refractivity contribution >= 4 is 29.2 Å². The zero-order valence-electron chi connectivity index (χ0n) is 8.82. The summed E-state index contributed by atoms with van der Waals surface area (Å²) in [6.07, 6.45) is 1.27. The molecule has 0 atom stereocenters. The molecule has 0 fully saturated rings. The predicted molar refractivity (Wildman–Crippen MR) is 66.6 cm³/mol. The molecule has 6 heteroatoms. The van der Waals surface area contributed by atoms with E-state index < -0.39 is 11.8 Å². The zero-order chi connectivity index (χ0) is 13.3. The lowest BCUT2D eigenvalue weighted by molar-refractivity contribution is 0.0697. The molecule has 0 saturated heterocycles. The van der Waals surface area contributed by atoms with E-state index in [4.69, 9.17) is 28.3 Å². The van der Waals surface area contributed by atoms with Crippen LogP contribution in [0.15, 0.2) is 30.5 Å². The van der Waals surface area contributed by atoms with Crippen LogP contribution in [-0.4, -0.2) is 16.1 Å². The van der Waals surface area contributed by atoms with Gasteiger partial charge >= 0.3 is 5.97 Å². The van der Waals surface area contributed by atoms with Gasteiger partial charge in [-0.15, -0.1) is 0 Å². The highest BCUT2D eigenvalue weighted by atomic mass is 35.5. The number of nitrogens with zero attached hydrogens (tertiary/aromatic N) is 1. The fourth-order valence-corrected chi connectivity index (χ4v) is 1.93. The minimum absolute atomic E-state index is 0.0543. The second kappa shape index (κ2) is 4.92. The molecule has 0 amide bonds. The average Bonchev–Trinajstić information content (AvgIpc) is 2.27. The molecular formula is C12H6Cl2FNO2. The third kappa shape index (κ3) is 2.60. The molecule has 0 radical (unpaired) electrons. The fraction of sp³-hybridized carbons (Fsp3) is 0. The molecule has 1 aromatic carbocycles. The third-order valence-electron chi connectivity index (χ3n) is 2.27. The van der Waals surface area contributed by atoms with E-state index in [1.54, 1.807) is 0 Å². The number of benzene rings is 1. The molecule has 3 nitrogen and oxygen atoms in total. The predicted octanol–water partition coefficient (Wildman–Crippen LogP) is 3.89. The number of carboxylic acid groups (broad SMARTS) is 1. The highest BCUT2D eigenvalue weighted by Gasteiger charge is 2.14. The Kier molecular flexibility index (Phi) is 3.50. The van der Waals surface area contributed by atoms with Crippen LogP contribution in [0, 0.1) is 5.82 Å². The van der Waals surface area contributed by atoms with E-state index in [9.17, 15) is 9.18 Å². The number of aromatic carboxylic acids is 1. The zero-order valence-corrected chi connectivity index (χ0v) is 10.3. The summed E-state index contributed by atoms with van der Waals surface area (Å²) in [5.41, 5.74) is 0.534. The first kappa shape index (κ1) is 12.8. The Morgan fingerprint density at radius 2 is 1.94 bits per heavy atom. The lowest BCUT2D eigenvalue weighted by Gasteiger charge is -2.07. The Labute approximate surface area is 112 Å². The van der Waals surface area contributed by atoms with Crippen molar-refractivity contribution in [1.29, 1.82) is 0 Å². The summed E-state index contributed by atoms with van der Waals surface area (Å²) in [6.45, 7) is 0. The van der Waals surface area contributed by atoms with E-state index in [1.165, 1.54) is 24.4 Å². The molecule has 1 heterocycles. The number of carboxylic acids is 1. The van der Waals surface area contributed by atoms with E-state index in [1.807, 2.05) is 0 Å². The Hall–Kier alpha value is -1.65. The molecule has 0 bridgehead atoms. The normalized spacial score (nSPS) is 10.4. The van der Waals surface area contributed by atoms with Crippen LogP contribution in [0.1, 0.15) is 10.4 Å². The summed E-state index contributed by atoms with van der Waals surface area (Å²) >= 11 is 11.4. The van der Waals surface area contributed by atoms with Gasteiger partial charge in [-0.2, -0.15) is 0 Å². The van der Waals surface area contributed by atoms with Gasteiger partial charge in [0.25, 0.3) is 0 Å². The van der Waals surface area contributed by atoms with Gasteiger partial charge in [0.05, 0.1) is 5.56 Å². The molecule has 1 N–H and O–H groups in total. The number of pyridine rings is 1. The topological polar surface area (TPSA) is 50.2 Å². The maximum Gasteiger partial charge on any atom is 0.336 e. The minimum atomic E-state index is -1.17. The molecule has 1 aromatic heterocycles. The van der Waals surface area contributed by atoms with Gasteiger partial charge in [-0.05, 0) is 29.8 Å². The number of hydrogen-bond donors (Lipinski definition) is 1. The summed E-state index contributed by atoms with van der Waals surface area (Å²) in [5, 5.41) is 9.31. The van der Waals surface area contributed by atoms with Crippen LogP contribution < -0.4 is 0 Å². The summed E-state index contributed by atoms with van der Waals surface area (Å²) in [4.78, 5) is 14.9. The lowest BCUT2D eigenvalue weighted by Crippen LogP contribution is -2.00. The number of aromatic nitrogens is 1. The van der Waals surface area contributed by atoms with Gasteiger partial charge < -0.3 is 5.11 Å². The van der Waals surface area contributed by atoms with Gasteiger partial charge in [0.15, 0.2) is 0 Å². The van der Waals surface area contributed by atoms with E-state index in [-0.39, 0.29) is 21.3 Å². The van der Waals surface area contributed by atoms with E-state index in [2.05, 4.69) is 4.98 Å². The molecular weight excluding hydrogens is 280 g/mol. The standard InChI is InChI=1S/C12H6Cl2FNO2/c13-7-1-6(2-8(15)3-7)10-5-16-11(14)4-9(10)12(17)18/h1-5H,(H,17,18). The Morgan fingerprint density at radius 1 is 1.22 bits per heavy atom. The molecule has 2 rings (SSSR count). The van der Waals surface area contributed by atoms with Gasteiger partial charge in [0.2, 0.25) is 0 Å². The third-order valence-corrected chi connectivity index (χ3v) is 2.70. The first-order valence-electron chi connectivity index (χ1n) is 4.82. The van der Waals surface area contributed by atoms with Crippen LogP contribution in [0.25, 0.3) is 11.1 Å². The molecule has 0 aliphatic heterocycles. The number of carbonyl (C=O) groups is 1. The largest absolute Gasteiger partial charge is 0.478 e. The van der Waals surface area contributed by atoms with Crippen molar-refractivity contribution in [3.63, 3.8) is 0 Å². The van der Waals surface area contributed by atoms with Crippen molar-refractivity contribution in [2.24, 2.45) is 0 Å². The van der Waals surface area contributed by atoms with Crippen LogP contribution in [0.4, 0.5) is 4.39 Å². The van der Waals surface area contributed by atoms with Crippen LogP contribution >= 0.6 is 23.2 Å². The minimum Gasteiger partial charge on any atom is -0.478 e. The summed E-state index contributed by atoms with van der Waals surface area (Å²) < 4.78 is 13.2. The monoisotopic (exact) mass is 285 g/mol. The number of rotatable bonds is 2. The van der Waals surface area contributed by atoms with Crippen molar-refractivity contribution in [1.82, 2.24) is 4.98 Å². The smallest absolute Gasteiger partial charge is 0.336 e. The second-order valence-electron chi connectivity index (χ2n) is 3.52. The molecule has 0 aliphatic rings. The van der Waals surface area contributed by atoms with Gasteiger partial charge in [-0.3, -0.25) is 0 Å². The second-order valence-corrected chi connectivity index (χ2v) is 4.34. The lowest BCUT2D eigenvalue weighted by atomic mass is 10.0. The molecule has 0 spiro atoms. The van der Waals surface area contributed by atoms with Gasteiger partial charge in [0, 0.05) is 16.8 Å². The van der Waals surface area contributed by atoms with Crippen LogP contribution in [-0.2, 0) is 0 Å². The van der Waals surface area contributed by atoms with E-state index in [0.29, 0.717) is 5.56 Å². The summed E-state index contributed by atoms with van der Waals surface area (Å²) in [5.74, 6) is -1.72.